The minimum Gasteiger partial charge on any atom is -0.496 e. The fraction of sp³-hybridized carbons (Fsp3) is 0.179. The van der Waals surface area contributed by atoms with E-state index in [4.69, 9.17) is 9.84 Å². The van der Waals surface area contributed by atoms with Crippen molar-refractivity contribution in [2.24, 2.45) is 0 Å². The minimum atomic E-state index is -1.09. The molecule has 2 heterocycles. The molecule has 0 saturated carbocycles. The van der Waals surface area contributed by atoms with Crippen LogP contribution < -0.4 is 9.64 Å². The number of aliphatic carboxylic acids is 1. The maximum absolute atomic E-state index is 13.4. The lowest BCUT2D eigenvalue weighted by atomic mass is 9.99. The molecule has 0 radical (unpaired) electrons. The summed E-state index contributed by atoms with van der Waals surface area (Å²) in [5.41, 5.74) is 5.04. The number of fused-ring (bicyclic) bond motifs is 1. The highest BCUT2D eigenvalue weighted by atomic mass is 32.2. The number of methoxy groups -OCH3 is 1. The number of carboxylic acid groups (broad SMARTS) is 1. The second-order valence-corrected chi connectivity index (χ2v) is 9.60. The lowest BCUT2D eigenvalue weighted by molar-refractivity contribution is -0.136. The van der Waals surface area contributed by atoms with Gasteiger partial charge in [0.05, 0.1) is 29.5 Å². The maximum atomic E-state index is 13.4. The van der Waals surface area contributed by atoms with Gasteiger partial charge in [0.15, 0.2) is 0 Å². The third kappa shape index (κ3) is 4.35. The van der Waals surface area contributed by atoms with Gasteiger partial charge < -0.3 is 9.84 Å². The molecule has 8 heteroatoms. The van der Waals surface area contributed by atoms with Crippen LogP contribution in [0.4, 0.5) is 5.82 Å². The Morgan fingerprint density at radius 3 is 2.56 bits per heavy atom. The second-order valence-electron chi connectivity index (χ2n) is 8.51. The molecule has 3 aromatic carbocycles. The van der Waals surface area contributed by atoms with Crippen molar-refractivity contribution in [3.63, 3.8) is 0 Å². The standard InChI is InChI=1S/C28H25N3O4S/c1-18-9-8-12-20(15-18)31-28-25(26(29-31)19-10-4-3-5-11-19)27(21-13-6-7-14-22(21)35-2)36-17-23(32)30(28)16-24(33)34/h3-15,27H,16-17H2,1-2H3,(H,33,34). The van der Waals surface area contributed by atoms with Gasteiger partial charge in [0.25, 0.3) is 0 Å². The molecule has 0 aliphatic carbocycles. The van der Waals surface area contributed by atoms with Gasteiger partial charge in [0.2, 0.25) is 5.91 Å². The van der Waals surface area contributed by atoms with E-state index in [1.54, 1.807) is 11.8 Å². The molecule has 0 fully saturated rings. The minimum absolute atomic E-state index is 0.118. The number of rotatable bonds is 6. The van der Waals surface area contributed by atoms with Crippen LogP contribution in [-0.4, -0.2) is 46.2 Å². The van der Waals surface area contributed by atoms with E-state index in [1.165, 1.54) is 16.7 Å². The highest BCUT2D eigenvalue weighted by Gasteiger charge is 2.38. The van der Waals surface area contributed by atoms with Crippen LogP contribution in [0.15, 0.2) is 78.9 Å². The third-order valence-corrected chi connectivity index (χ3v) is 7.33. The van der Waals surface area contributed by atoms with E-state index in [1.807, 2.05) is 85.8 Å². The number of benzene rings is 3. The summed E-state index contributed by atoms with van der Waals surface area (Å²) in [5, 5.41) is 14.4. The molecular formula is C28H25N3O4S. The SMILES string of the molecule is COc1ccccc1C1SCC(=O)N(CC(=O)O)c2c1c(-c1ccccc1)nn2-c1cccc(C)c1. The Balaban J connectivity index is 1.87. The molecule has 1 aliphatic rings. The Labute approximate surface area is 213 Å². The summed E-state index contributed by atoms with van der Waals surface area (Å²) in [6.45, 7) is 1.52. The van der Waals surface area contributed by atoms with Crippen molar-refractivity contribution in [2.45, 2.75) is 12.2 Å². The second kappa shape index (κ2) is 9.91. The summed E-state index contributed by atoms with van der Waals surface area (Å²) in [7, 11) is 1.62. The van der Waals surface area contributed by atoms with Gasteiger partial charge in [-0.15, -0.1) is 11.8 Å². The summed E-state index contributed by atoms with van der Waals surface area (Å²) in [6, 6.07) is 25.3. The number of aromatic nitrogens is 2. The number of carbonyl (C=O) groups excluding carboxylic acids is 1. The molecule has 1 aromatic heterocycles. The summed E-state index contributed by atoms with van der Waals surface area (Å²) in [4.78, 5) is 26.7. The Bertz CT molecular complexity index is 1430. The Hall–Kier alpha value is -4.04. The van der Waals surface area contributed by atoms with Crippen LogP contribution in [0.5, 0.6) is 5.75 Å². The molecule has 36 heavy (non-hydrogen) atoms. The van der Waals surface area contributed by atoms with Gasteiger partial charge in [-0.2, -0.15) is 5.10 Å². The van der Waals surface area contributed by atoms with Crippen LogP contribution in [0.3, 0.4) is 0 Å². The smallest absolute Gasteiger partial charge is 0.323 e. The van der Waals surface area contributed by atoms with E-state index in [9.17, 15) is 14.7 Å². The lowest BCUT2D eigenvalue weighted by Crippen LogP contribution is -2.38. The Morgan fingerprint density at radius 1 is 1.08 bits per heavy atom. The van der Waals surface area contributed by atoms with Crippen LogP contribution in [0.25, 0.3) is 16.9 Å². The number of amides is 1. The summed E-state index contributed by atoms with van der Waals surface area (Å²) >= 11 is 1.45. The van der Waals surface area contributed by atoms with E-state index < -0.39 is 12.5 Å². The van der Waals surface area contributed by atoms with Crippen LogP contribution in [0.1, 0.15) is 21.9 Å². The predicted octanol–water partition coefficient (Wildman–Crippen LogP) is 5.11. The number of hydrogen-bond acceptors (Lipinski definition) is 5. The van der Waals surface area contributed by atoms with E-state index in [0.29, 0.717) is 17.3 Å². The van der Waals surface area contributed by atoms with E-state index in [-0.39, 0.29) is 16.9 Å². The van der Waals surface area contributed by atoms with Crippen molar-refractivity contribution >= 4 is 29.5 Å². The van der Waals surface area contributed by atoms with Gasteiger partial charge >= 0.3 is 5.97 Å². The highest BCUT2D eigenvalue weighted by molar-refractivity contribution is 8.00. The largest absolute Gasteiger partial charge is 0.496 e. The van der Waals surface area contributed by atoms with Crippen LogP contribution in [0, 0.1) is 6.92 Å². The van der Waals surface area contributed by atoms with E-state index in [2.05, 4.69) is 0 Å². The number of hydrogen-bond donors (Lipinski definition) is 1. The molecule has 0 bridgehead atoms. The molecule has 0 saturated heterocycles. The van der Waals surface area contributed by atoms with Crippen LogP contribution in [-0.2, 0) is 9.59 Å². The first-order chi connectivity index (χ1) is 17.5. The van der Waals surface area contributed by atoms with Crippen molar-refractivity contribution in [1.29, 1.82) is 0 Å². The zero-order valence-electron chi connectivity index (χ0n) is 19.9. The molecule has 1 unspecified atom stereocenters. The average molecular weight is 500 g/mol. The van der Waals surface area contributed by atoms with E-state index in [0.717, 1.165) is 27.9 Å². The van der Waals surface area contributed by atoms with Gasteiger partial charge in [-0.25, -0.2) is 4.68 Å². The molecule has 182 valence electrons. The zero-order chi connectivity index (χ0) is 25.2. The normalized spacial score (nSPS) is 15.3. The van der Waals surface area contributed by atoms with Crippen molar-refractivity contribution in [3.05, 3.63) is 95.6 Å². The maximum Gasteiger partial charge on any atom is 0.323 e. The average Bonchev–Trinajstić information content (AvgIpc) is 3.22. The quantitative estimate of drug-likeness (QED) is 0.397. The molecule has 7 nitrogen and oxygen atoms in total. The number of ether oxygens (including phenoxy) is 1. The first kappa shape index (κ1) is 23.7. The van der Waals surface area contributed by atoms with E-state index >= 15 is 0 Å². The van der Waals surface area contributed by atoms with Gasteiger partial charge in [-0.05, 0) is 30.7 Å². The fourth-order valence-corrected chi connectivity index (χ4v) is 5.76. The number of thioether (sulfide) groups is 1. The van der Waals surface area contributed by atoms with Crippen LogP contribution in [0.2, 0.25) is 0 Å². The number of carboxylic acids is 1. The first-order valence-electron chi connectivity index (χ1n) is 11.5. The topological polar surface area (TPSA) is 84.7 Å². The number of nitrogens with zero attached hydrogens (tertiary/aromatic N) is 3. The summed E-state index contributed by atoms with van der Waals surface area (Å²) < 4.78 is 7.40. The van der Waals surface area contributed by atoms with Crippen molar-refractivity contribution < 1.29 is 19.4 Å². The molecule has 4 aromatic rings. The summed E-state index contributed by atoms with van der Waals surface area (Å²) in [6.07, 6.45) is 0. The fourth-order valence-electron chi connectivity index (χ4n) is 4.53. The van der Waals surface area contributed by atoms with Crippen LogP contribution >= 0.6 is 11.8 Å². The molecule has 1 N–H and O–H groups in total. The van der Waals surface area contributed by atoms with Gasteiger partial charge in [-0.1, -0.05) is 60.7 Å². The predicted molar refractivity (Wildman–Crippen MR) is 141 cm³/mol. The summed E-state index contributed by atoms with van der Waals surface area (Å²) in [5.74, 6) is -0.0925. The molecule has 1 aliphatic heterocycles. The Kier molecular flexibility index (Phi) is 6.52. The Morgan fingerprint density at radius 2 is 1.83 bits per heavy atom. The molecule has 0 spiro atoms. The molecule has 5 rings (SSSR count). The zero-order valence-corrected chi connectivity index (χ0v) is 20.7. The number of para-hydroxylation sites is 1. The number of anilines is 1. The van der Waals surface area contributed by atoms with Gasteiger partial charge in [0.1, 0.15) is 18.1 Å². The highest BCUT2D eigenvalue weighted by Crippen LogP contribution is 2.50. The van der Waals surface area contributed by atoms with Crippen molar-refractivity contribution in [3.8, 4) is 22.7 Å². The molecule has 1 atom stereocenters. The number of carbonyl (C=O) groups is 2. The van der Waals surface area contributed by atoms with Gasteiger partial charge in [0, 0.05) is 16.7 Å². The first-order valence-corrected chi connectivity index (χ1v) is 12.5. The lowest BCUT2D eigenvalue weighted by Gasteiger charge is -2.22. The number of aryl methyl sites for hydroxylation is 1. The third-order valence-electron chi connectivity index (χ3n) is 6.10. The molecule has 1 amide bonds. The van der Waals surface area contributed by atoms with Crippen molar-refractivity contribution in [1.82, 2.24) is 9.78 Å². The van der Waals surface area contributed by atoms with Gasteiger partial charge in [-0.3, -0.25) is 14.5 Å². The molecular weight excluding hydrogens is 474 g/mol. The monoisotopic (exact) mass is 499 g/mol. The van der Waals surface area contributed by atoms with Crippen molar-refractivity contribution in [2.75, 3.05) is 24.3 Å².